The number of rotatable bonds is 11. The van der Waals surface area contributed by atoms with Gasteiger partial charge in [-0.3, -0.25) is 0 Å². The molecule has 0 radical (unpaired) electrons. The van der Waals surface area contributed by atoms with Gasteiger partial charge in [0.15, 0.2) is 0 Å². The molecule has 0 fully saturated rings. The van der Waals surface area contributed by atoms with E-state index in [1.807, 2.05) is 54.6 Å². The zero-order chi connectivity index (χ0) is 17.9. The molecule has 0 amide bonds. The summed E-state index contributed by atoms with van der Waals surface area (Å²) in [4.78, 5) is 11.0. The molecular weight excluding hydrogens is 316 g/mol. The molecule has 0 heterocycles. The highest BCUT2D eigenvalue weighted by atomic mass is 16.5. The van der Waals surface area contributed by atoms with Gasteiger partial charge in [-0.2, -0.15) is 0 Å². The lowest BCUT2D eigenvalue weighted by Crippen LogP contribution is -2.30. The molecule has 4 nitrogen and oxygen atoms in total. The Hall–Kier alpha value is -2.43. The van der Waals surface area contributed by atoms with E-state index >= 15 is 0 Å². The smallest absolute Gasteiger partial charge is 0.122 e. The van der Waals surface area contributed by atoms with E-state index in [2.05, 4.69) is 6.58 Å². The lowest BCUT2D eigenvalue weighted by atomic mass is 10.1. The van der Waals surface area contributed by atoms with Crippen LogP contribution in [0.5, 0.6) is 5.75 Å². The lowest BCUT2D eigenvalue weighted by molar-refractivity contribution is -0.115. The highest BCUT2D eigenvalue weighted by Crippen LogP contribution is 2.16. The number of ether oxygens (including phenoxy) is 3. The van der Waals surface area contributed by atoms with Crippen molar-refractivity contribution in [3.05, 3.63) is 78.4 Å². The number of benzene rings is 2. The first-order chi connectivity index (χ1) is 12.3. The highest BCUT2D eigenvalue weighted by molar-refractivity contribution is 5.50. The fourth-order valence-corrected chi connectivity index (χ4v) is 2.41. The summed E-state index contributed by atoms with van der Waals surface area (Å²) in [5.74, 6) is 0.800. The maximum absolute atomic E-state index is 11.0. The van der Waals surface area contributed by atoms with E-state index in [9.17, 15) is 4.79 Å². The van der Waals surface area contributed by atoms with Crippen LogP contribution >= 0.6 is 0 Å². The highest BCUT2D eigenvalue weighted by Gasteiger charge is 2.20. The quantitative estimate of drug-likeness (QED) is 0.459. The zero-order valence-corrected chi connectivity index (χ0v) is 14.5. The van der Waals surface area contributed by atoms with Gasteiger partial charge in [0.05, 0.1) is 26.4 Å². The second-order valence-electron chi connectivity index (χ2n) is 5.60. The van der Waals surface area contributed by atoms with E-state index < -0.39 is 0 Å². The molecule has 2 aromatic rings. The molecule has 2 aromatic carbocycles. The third-order valence-corrected chi connectivity index (χ3v) is 3.84. The van der Waals surface area contributed by atoms with Crippen LogP contribution < -0.4 is 4.74 Å². The molecule has 0 aliphatic heterocycles. The van der Waals surface area contributed by atoms with Crippen LogP contribution in [0.15, 0.2) is 67.3 Å². The molecule has 0 aliphatic carbocycles. The number of methoxy groups -OCH3 is 1. The minimum absolute atomic E-state index is 0.256. The van der Waals surface area contributed by atoms with Crippen molar-refractivity contribution in [1.82, 2.24) is 0 Å². The Morgan fingerprint density at radius 1 is 0.960 bits per heavy atom. The van der Waals surface area contributed by atoms with Gasteiger partial charge in [0.1, 0.15) is 18.1 Å². The third kappa shape index (κ3) is 6.18. The topological polar surface area (TPSA) is 44.8 Å². The van der Waals surface area contributed by atoms with Gasteiger partial charge in [0.2, 0.25) is 0 Å². The van der Waals surface area contributed by atoms with Gasteiger partial charge in [-0.15, -0.1) is 6.58 Å². The summed E-state index contributed by atoms with van der Waals surface area (Å²) in [6, 6.07) is 17.5. The fourth-order valence-electron chi connectivity index (χ4n) is 2.41. The second-order valence-corrected chi connectivity index (χ2v) is 5.60. The van der Waals surface area contributed by atoms with Crippen molar-refractivity contribution >= 4 is 6.29 Å². The molecule has 2 rings (SSSR count). The van der Waals surface area contributed by atoms with Gasteiger partial charge < -0.3 is 19.0 Å². The van der Waals surface area contributed by atoms with Crippen molar-refractivity contribution in [2.45, 2.75) is 31.8 Å². The molecule has 0 saturated carbocycles. The van der Waals surface area contributed by atoms with Crippen LogP contribution in [0.3, 0.4) is 0 Å². The summed E-state index contributed by atoms with van der Waals surface area (Å²) in [5, 5.41) is 0. The molecule has 0 bridgehead atoms. The number of aldehydes is 1. The van der Waals surface area contributed by atoms with Crippen molar-refractivity contribution in [3.63, 3.8) is 0 Å². The van der Waals surface area contributed by atoms with Crippen molar-refractivity contribution < 1.29 is 19.0 Å². The largest absolute Gasteiger partial charge is 0.497 e. The van der Waals surface area contributed by atoms with Gasteiger partial charge in [0.25, 0.3) is 0 Å². The molecule has 0 unspecified atom stereocenters. The Labute approximate surface area is 149 Å². The van der Waals surface area contributed by atoms with Crippen molar-refractivity contribution in [1.29, 1.82) is 0 Å². The average molecular weight is 340 g/mol. The van der Waals surface area contributed by atoms with Crippen molar-refractivity contribution in [3.8, 4) is 5.75 Å². The fraction of sp³-hybridized carbons (Fsp3) is 0.286. The monoisotopic (exact) mass is 340 g/mol. The van der Waals surface area contributed by atoms with Crippen LogP contribution in [0, 0.1) is 0 Å². The molecule has 0 N–H and O–H groups in total. The molecular formula is C21H24O4. The number of hydrogen-bond donors (Lipinski definition) is 0. The van der Waals surface area contributed by atoms with Crippen molar-refractivity contribution in [2.75, 3.05) is 7.11 Å². The maximum atomic E-state index is 11.0. The minimum atomic E-state index is -0.367. The Morgan fingerprint density at radius 2 is 1.60 bits per heavy atom. The normalized spacial score (nSPS) is 13.0. The predicted octanol–water partition coefficient (Wildman–Crippen LogP) is 3.94. The van der Waals surface area contributed by atoms with E-state index in [0.717, 1.165) is 23.2 Å². The van der Waals surface area contributed by atoms with E-state index in [1.54, 1.807) is 13.2 Å². The van der Waals surface area contributed by atoms with Crippen LogP contribution in [0.4, 0.5) is 0 Å². The molecule has 0 saturated heterocycles. The van der Waals surface area contributed by atoms with Crippen LogP contribution in [0.1, 0.15) is 17.5 Å². The maximum Gasteiger partial charge on any atom is 0.122 e. The Morgan fingerprint density at radius 3 is 2.20 bits per heavy atom. The second kappa shape index (κ2) is 10.4. The minimum Gasteiger partial charge on any atom is -0.497 e. The lowest BCUT2D eigenvalue weighted by Gasteiger charge is -2.24. The molecule has 2 atom stereocenters. The van der Waals surface area contributed by atoms with Crippen LogP contribution in [-0.4, -0.2) is 25.6 Å². The van der Waals surface area contributed by atoms with Gasteiger partial charge in [-0.1, -0.05) is 48.5 Å². The Kier molecular flexibility index (Phi) is 7.89. The molecule has 4 heteroatoms. The van der Waals surface area contributed by atoms with Crippen molar-refractivity contribution in [2.24, 2.45) is 0 Å². The average Bonchev–Trinajstić information content (AvgIpc) is 2.67. The summed E-state index contributed by atoms with van der Waals surface area (Å²) in [5.41, 5.74) is 2.07. The van der Waals surface area contributed by atoms with E-state index in [1.165, 1.54) is 0 Å². The van der Waals surface area contributed by atoms with Crippen LogP contribution in [-0.2, 0) is 27.5 Å². The van der Waals surface area contributed by atoms with Gasteiger partial charge in [-0.25, -0.2) is 0 Å². The van der Waals surface area contributed by atoms with Crippen LogP contribution in [0.25, 0.3) is 0 Å². The van der Waals surface area contributed by atoms with Gasteiger partial charge in [-0.05, 0) is 23.3 Å². The Bertz CT molecular complexity index is 637. The van der Waals surface area contributed by atoms with E-state index in [0.29, 0.717) is 13.2 Å². The standard InChI is InChI=1S/C21H24O4/c1-3-20(24-16-18-9-11-19(23-2)12-10-18)21(13-14-22)25-15-17-7-5-4-6-8-17/h3-12,14,20-21H,1,13,15-16H2,2H3/t20-,21-/m1/s1. The predicted molar refractivity (Wildman–Crippen MR) is 97.5 cm³/mol. The van der Waals surface area contributed by atoms with E-state index in [4.69, 9.17) is 14.2 Å². The van der Waals surface area contributed by atoms with Gasteiger partial charge >= 0.3 is 0 Å². The molecule has 132 valence electrons. The molecule has 0 spiro atoms. The van der Waals surface area contributed by atoms with Gasteiger partial charge in [0, 0.05) is 6.42 Å². The first kappa shape index (κ1) is 18.9. The molecule has 0 aliphatic rings. The molecule has 0 aromatic heterocycles. The summed E-state index contributed by atoms with van der Waals surface area (Å²) in [7, 11) is 1.63. The molecule has 25 heavy (non-hydrogen) atoms. The summed E-state index contributed by atoms with van der Waals surface area (Å²) >= 11 is 0. The van der Waals surface area contributed by atoms with Crippen LogP contribution in [0.2, 0.25) is 0 Å². The summed E-state index contributed by atoms with van der Waals surface area (Å²) in [6.07, 6.45) is 2.06. The first-order valence-electron chi connectivity index (χ1n) is 8.23. The Balaban J connectivity index is 1.93. The number of hydrogen-bond acceptors (Lipinski definition) is 4. The zero-order valence-electron chi connectivity index (χ0n) is 14.5. The third-order valence-electron chi connectivity index (χ3n) is 3.84. The van der Waals surface area contributed by atoms with E-state index in [-0.39, 0.29) is 18.6 Å². The summed E-state index contributed by atoms with van der Waals surface area (Å²) in [6.45, 7) is 4.65. The number of carbonyl (C=O) groups excluding carboxylic acids is 1. The SMILES string of the molecule is C=C[C@@H](OCc1ccc(OC)cc1)[C@@H](CC=O)OCc1ccccc1. The number of carbonyl (C=O) groups is 1. The first-order valence-corrected chi connectivity index (χ1v) is 8.23. The summed E-state index contributed by atoms with van der Waals surface area (Å²) < 4.78 is 17.0.